The van der Waals surface area contributed by atoms with Gasteiger partial charge in [-0.3, -0.25) is 4.98 Å². The van der Waals surface area contributed by atoms with Gasteiger partial charge in [-0.25, -0.2) is 4.79 Å². The molecule has 5 heteroatoms. The van der Waals surface area contributed by atoms with Crippen LogP contribution >= 0.6 is 0 Å². The molecular weight excluding hydrogens is 228 g/mol. The first-order valence-corrected chi connectivity index (χ1v) is 5.26. The SMILES string of the molecule is N#Cc1ccc(NC(=O)Nc2cccnc2)cc1. The van der Waals surface area contributed by atoms with Crippen molar-refractivity contribution in [2.75, 3.05) is 10.6 Å². The molecule has 0 spiro atoms. The molecule has 0 atom stereocenters. The Morgan fingerprint density at radius 3 is 2.44 bits per heavy atom. The number of anilines is 2. The number of nitrogens with zero attached hydrogens (tertiary/aromatic N) is 2. The van der Waals surface area contributed by atoms with E-state index in [4.69, 9.17) is 5.26 Å². The molecule has 0 saturated heterocycles. The topological polar surface area (TPSA) is 77.8 Å². The minimum atomic E-state index is -0.354. The highest BCUT2D eigenvalue weighted by molar-refractivity contribution is 5.99. The molecule has 0 aliphatic heterocycles. The minimum absolute atomic E-state index is 0.354. The largest absolute Gasteiger partial charge is 0.323 e. The second-order valence-electron chi connectivity index (χ2n) is 3.51. The van der Waals surface area contributed by atoms with Crippen LogP contribution in [-0.2, 0) is 0 Å². The predicted molar refractivity (Wildman–Crippen MR) is 68.0 cm³/mol. The highest BCUT2D eigenvalue weighted by Gasteiger charge is 2.02. The highest BCUT2D eigenvalue weighted by atomic mass is 16.2. The molecule has 0 aliphatic carbocycles. The summed E-state index contributed by atoms with van der Waals surface area (Å²) in [5, 5.41) is 13.9. The van der Waals surface area contributed by atoms with Crippen molar-refractivity contribution in [2.24, 2.45) is 0 Å². The molecule has 2 rings (SSSR count). The summed E-state index contributed by atoms with van der Waals surface area (Å²) in [6.45, 7) is 0. The molecule has 88 valence electrons. The third kappa shape index (κ3) is 3.06. The molecule has 5 nitrogen and oxygen atoms in total. The second-order valence-corrected chi connectivity index (χ2v) is 3.51. The molecule has 18 heavy (non-hydrogen) atoms. The van der Waals surface area contributed by atoms with Crippen LogP contribution in [0.5, 0.6) is 0 Å². The van der Waals surface area contributed by atoms with Gasteiger partial charge in [0, 0.05) is 11.9 Å². The molecule has 0 radical (unpaired) electrons. The maximum Gasteiger partial charge on any atom is 0.323 e. The number of urea groups is 1. The lowest BCUT2D eigenvalue weighted by molar-refractivity contribution is 0.262. The van der Waals surface area contributed by atoms with Crippen LogP contribution in [0.4, 0.5) is 16.2 Å². The summed E-state index contributed by atoms with van der Waals surface area (Å²) in [6, 6.07) is 11.7. The quantitative estimate of drug-likeness (QED) is 0.844. The number of carbonyl (C=O) groups is 1. The lowest BCUT2D eigenvalue weighted by Crippen LogP contribution is -2.19. The Balaban J connectivity index is 1.97. The Bertz CT molecular complexity index is 572. The van der Waals surface area contributed by atoms with E-state index in [0.717, 1.165) is 0 Å². The van der Waals surface area contributed by atoms with Gasteiger partial charge in [-0.1, -0.05) is 0 Å². The number of amides is 2. The minimum Gasteiger partial charge on any atom is -0.308 e. The van der Waals surface area contributed by atoms with Crippen molar-refractivity contribution in [1.82, 2.24) is 4.98 Å². The first kappa shape index (κ1) is 11.6. The van der Waals surface area contributed by atoms with Crippen molar-refractivity contribution < 1.29 is 4.79 Å². The highest BCUT2D eigenvalue weighted by Crippen LogP contribution is 2.10. The molecule has 0 bridgehead atoms. The van der Waals surface area contributed by atoms with E-state index in [2.05, 4.69) is 15.6 Å². The molecular formula is C13H10N4O. The summed E-state index contributed by atoms with van der Waals surface area (Å²) in [5.41, 5.74) is 1.78. The van der Waals surface area contributed by atoms with Crippen LogP contribution in [0.15, 0.2) is 48.8 Å². The van der Waals surface area contributed by atoms with E-state index >= 15 is 0 Å². The zero-order valence-corrected chi connectivity index (χ0v) is 9.42. The van der Waals surface area contributed by atoms with Gasteiger partial charge in [0.2, 0.25) is 0 Å². The molecule has 1 heterocycles. The fourth-order valence-electron chi connectivity index (χ4n) is 1.36. The van der Waals surface area contributed by atoms with Gasteiger partial charge in [-0.2, -0.15) is 5.26 Å². The molecule has 1 aromatic carbocycles. The molecule has 2 amide bonds. The van der Waals surface area contributed by atoms with Gasteiger partial charge in [0.05, 0.1) is 23.5 Å². The average molecular weight is 238 g/mol. The Morgan fingerprint density at radius 2 is 1.83 bits per heavy atom. The molecule has 0 unspecified atom stereocenters. The normalized spacial score (nSPS) is 9.28. The number of nitrogens with one attached hydrogen (secondary N) is 2. The van der Waals surface area contributed by atoms with E-state index in [9.17, 15) is 4.79 Å². The van der Waals surface area contributed by atoms with Crippen molar-refractivity contribution in [1.29, 1.82) is 5.26 Å². The smallest absolute Gasteiger partial charge is 0.308 e. The van der Waals surface area contributed by atoms with Crippen LogP contribution in [0.1, 0.15) is 5.56 Å². The Labute approximate surface area is 104 Å². The van der Waals surface area contributed by atoms with Gasteiger partial charge in [0.1, 0.15) is 0 Å². The average Bonchev–Trinajstić information content (AvgIpc) is 2.40. The van der Waals surface area contributed by atoms with E-state index in [1.165, 1.54) is 0 Å². The summed E-state index contributed by atoms with van der Waals surface area (Å²) in [6.07, 6.45) is 3.18. The summed E-state index contributed by atoms with van der Waals surface area (Å²) in [4.78, 5) is 15.5. The maximum absolute atomic E-state index is 11.6. The fourth-order valence-corrected chi connectivity index (χ4v) is 1.36. The van der Waals surface area contributed by atoms with E-state index in [1.54, 1.807) is 48.8 Å². The number of hydrogen-bond donors (Lipinski definition) is 2. The first-order valence-electron chi connectivity index (χ1n) is 5.26. The van der Waals surface area contributed by atoms with Crippen molar-refractivity contribution in [2.45, 2.75) is 0 Å². The lowest BCUT2D eigenvalue weighted by atomic mass is 10.2. The van der Waals surface area contributed by atoms with Crippen molar-refractivity contribution >= 4 is 17.4 Å². The number of aromatic nitrogens is 1. The van der Waals surface area contributed by atoms with Crippen LogP contribution in [0.25, 0.3) is 0 Å². The van der Waals surface area contributed by atoms with E-state index in [-0.39, 0.29) is 6.03 Å². The number of hydrogen-bond acceptors (Lipinski definition) is 3. The fraction of sp³-hybridized carbons (Fsp3) is 0. The van der Waals surface area contributed by atoms with Crippen molar-refractivity contribution in [3.8, 4) is 6.07 Å². The van der Waals surface area contributed by atoms with Crippen LogP contribution in [0.2, 0.25) is 0 Å². The van der Waals surface area contributed by atoms with Crippen LogP contribution in [-0.4, -0.2) is 11.0 Å². The summed E-state index contributed by atoms with van der Waals surface area (Å²) in [7, 11) is 0. The number of nitriles is 1. The number of carbonyl (C=O) groups excluding carboxylic acids is 1. The number of benzene rings is 1. The Hall–Kier alpha value is -2.87. The maximum atomic E-state index is 11.6. The molecule has 1 aromatic heterocycles. The molecule has 0 aliphatic rings. The van der Waals surface area contributed by atoms with Gasteiger partial charge in [0.15, 0.2) is 0 Å². The third-order valence-electron chi connectivity index (χ3n) is 2.19. The van der Waals surface area contributed by atoms with Crippen LogP contribution in [0.3, 0.4) is 0 Å². The van der Waals surface area contributed by atoms with Crippen LogP contribution in [0, 0.1) is 11.3 Å². The van der Waals surface area contributed by atoms with Crippen molar-refractivity contribution in [3.63, 3.8) is 0 Å². The predicted octanol–water partition coefficient (Wildman–Crippen LogP) is 2.60. The zero-order valence-electron chi connectivity index (χ0n) is 9.42. The molecule has 2 N–H and O–H groups in total. The van der Waals surface area contributed by atoms with Gasteiger partial charge in [-0.05, 0) is 36.4 Å². The second kappa shape index (κ2) is 5.46. The lowest BCUT2D eigenvalue weighted by Gasteiger charge is -2.06. The van der Waals surface area contributed by atoms with Gasteiger partial charge >= 0.3 is 6.03 Å². The number of pyridine rings is 1. The van der Waals surface area contributed by atoms with Gasteiger partial charge < -0.3 is 10.6 Å². The summed E-state index contributed by atoms with van der Waals surface area (Å²) < 4.78 is 0. The number of rotatable bonds is 2. The van der Waals surface area contributed by atoms with E-state index in [0.29, 0.717) is 16.9 Å². The first-order chi connectivity index (χ1) is 8.78. The monoisotopic (exact) mass is 238 g/mol. The molecule has 0 fully saturated rings. The van der Waals surface area contributed by atoms with Gasteiger partial charge in [0.25, 0.3) is 0 Å². The van der Waals surface area contributed by atoms with Gasteiger partial charge in [-0.15, -0.1) is 0 Å². The van der Waals surface area contributed by atoms with E-state index < -0.39 is 0 Å². The molecule has 0 saturated carbocycles. The van der Waals surface area contributed by atoms with Crippen molar-refractivity contribution in [3.05, 3.63) is 54.4 Å². The van der Waals surface area contributed by atoms with E-state index in [1.807, 2.05) is 6.07 Å². The third-order valence-corrected chi connectivity index (χ3v) is 2.19. The van der Waals surface area contributed by atoms with Crippen LogP contribution < -0.4 is 10.6 Å². The Morgan fingerprint density at radius 1 is 1.11 bits per heavy atom. The zero-order chi connectivity index (χ0) is 12.8. The summed E-state index contributed by atoms with van der Waals surface area (Å²) >= 11 is 0. The Kier molecular flexibility index (Phi) is 3.52. The molecule has 2 aromatic rings. The standard InChI is InChI=1S/C13H10N4O/c14-8-10-3-5-11(6-4-10)16-13(18)17-12-2-1-7-15-9-12/h1-7,9H,(H2,16,17,18). The summed E-state index contributed by atoms with van der Waals surface area (Å²) in [5.74, 6) is 0.